The number of phenolic OH excluding ortho intramolecular Hbond substituents is 1. The zero-order valence-electron chi connectivity index (χ0n) is 16.1. The van der Waals surface area contributed by atoms with E-state index in [1.165, 1.54) is 5.56 Å². The minimum absolute atomic E-state index is 0.153. The van der Waals surface area contributed by atoms with Crippen molar-refractivity contribution in [3.63, 3.8) is 0 Å². The lowest BCUT2D eigenvalue weighted by Gasteiger charge is -2.31. The van der Waals surface area contributed by atoms with Crippen LogP contribution >= 0.6 is 0 Å². The standard InChI is InChI=1S/C24H26N2O/c1-24(2,3)20-14-22(18-13-17-6-4-5-7-21(17)25-15-18)26-23(20)12-16-8-10-19(27)11-9-16/h4-11,13-15,20,23,26-27H,12H2,1-3H3. The average molecular weight is 358 g/mol. The van der Waals surface area contributed by atoms with E-state index < -0.39 is 0 Å². The number of nitrogens with zero attached hydrogens (tertiary/aromatic N) is 1. The molecule has 3 heteroatoms. The monoisotopic (exact) mass is 358 g/mol. The van der Waals surface area contributed by atoms with Crippen LogP contribution in [-0.4, -0.2) is 16.1 Å². The molecule has 3 nitrogen and oxygen atoms in total. The van der Waals surface area contributed by atoms with Crippen LogP contribution in [0.4, 0.5) is 0 Å². The van der Waals surface area contributed by atoms with Gasteiger partial charge in [0.15, 0.2) is 0 Å². The van der Waals surface area contributed by atoms with Gasteiger partial charge in [-0.2, -0.15) is 0 Å². The molecule has 3 aromatic rings. The Bertz CT molecular complexity index is 983. The Kier molecular flexibility index (Phi) is 4.39. The lowest BCUT2D eigenvalue weighted by atomic mass is 9.76. The van der Waals surface area contributed by atoms with Gasteiger partial charge in [-0.25, -0.2) is 0 Å². The summed E-state index contributed by atoms with van der Waals surface area (Å²) in [5.74, 6) is 0.722. The van der Waals surface area contributed by atoms with Crippen molar-refractivity contribution in [2.45, 2.75) is 33.2 Å². The number of phenols is 1. The fourth-order valence-electron chi connectivity index (χ4n) is 3.95. The molecule has 138 valence electrons. The number of rotatable bonds is 3. The maximum absolute atomic E-state index is 9.54. The molecule has 4 rings (SSSR count). The third-order valence-electron chi connectivity index (χ3n) is 5.41. The van der Waals surface area contributed by atoms with Gasteiger partial charge in [0, 0.05) is 34.8 Å². The maximum atomic E-state index is 9.54. The van der Waals surface area contributed by atoms with Crippen molar-refractivity contribution in [2.24, 2.45) is 11.3 Å². The minimum Gasteiger partial charge on any atom is -0.508 e. The molecule has 1 aliphatic heterocycles. The van der Waals surface area contributed by atoms with Gasteiger partial charge in [0.25, 0.3) is 0 Å². The van der Waals surface area contributed by atoms with Gasteiger partial charge in [-0.3, -0.25) is 4.98 Å². The quantitative estimate of drug-likeness (QED) is 0.680. The predicted octanol–water partition coefficient (Wildman–Crippen LogP) is 5.16. The molecular weight excluding hydrogens is 332 g/mol. The van der Waals surface area contributed by atoms with Crippen LogP contribution in [0, 0.1) is 11.3 Å². The van der Waals surface area contributed by atoms with E-state index >= 15 is 0 Å². The molecule has 0 saturated carbocycles. The van der Waals surface area contributed by atoms with E-state index in [0.29, 0.717) is 17.7 Å². The second kappa shape index (κ2) is 6.73. The maximum Gasteiger partial charge on any atom is 0.115 e. The summed E-state index contributed by atoms with van der Waals surface area (Å²) in [6.07, 6.45) is 5.25. The van der Waals surface area contributed by atoms with Crippen molar-refractivity contribution in [2.75, 3.05) is 0 Å². The zero-order valence-corrected chi connectivity index (χ0v) is 16.1. The van der Waals surface area contributed by atoms with Crippen LogP contribution in [0.1, 0.15) is 31.9 Å². The molecule has 0 spiro atoms. The summed E-state index contributed by atoms with van der Waals surface area (Å²) in [4.78, 5) is 4.62. The van der Waals surface area contributed by atoms with E-state index in [4.69, 9.17) is 0 Å². The first-order valence-electron chi connectivity index (χ1n) is 9.51. The molecule has 2 N–H and O–H groups in total. The Morgan fingerprint density at radius 1 is 1.04 bits per heavy atom. The van der Waals surface area contributed by atoms with E-state index in [0.717, 1.165) is 28.6 Å². The van der Waals surface area contributed by atoms with Gasteiger partial charge in [-0.1, -0.05) is 57.2 Å². The summed E-state index contributed by atoms with van der Waals surface area (Å²) >= 11 is 0. The molecule has 0 aliphatic carbocycles. The average Bonchev–Trinajstić information content (AvgIpc) is 3.07. The van der Waals surface area contributed by atoms with Gasteiger partial charge in [0.1, 0.15) is 5.75 Å². The number of nitrogens with one attached hydrogen (secondary N) is 1. The van der Waals surface area contributed by atoms with E-state index in [-0.39, 0.29) is 5.41 Å². The first-order chi connectivity index (χ1) is 12.9. The van der Waals surface area contributed by atoms with Crippen LogP contribution in [0.5, 0.6) is 5.75 Å². The van der Waals surface area contributed by atoms with E-state index in [2.05, 4.69) is 55.3 Å². The fraction of sp³-hybridized carbons (Fsp3) is 0.292. The lowest BCUT2D eigenvalue weighted by molar-refractivity contribution is 0.250. The van der Waals surface area contributed by atoms with Gasteiger partial charge in [-0.15, -0.1) is 0 Å². The van der Waals surface area contributed by atoms with Crippen LogP contribution in [-0.2, 0) is 6.42 Å². The van der Waals surface area contributed by atoms with Crippen molar-refractivity contribution in [1.82, 2.24) is 10.3 Å². The summed E-state index contributed by atoms with van der Waals surface area (Å²) in [6, 6.07) is 18.3. The Balaban J connectivity index is 1.64. The fourth-order valence-corrected chi connectivity index (χ4v) is 3.95. The highest BCUT2D eigenvalue weighted by atomic mass is 16.3. The third-order valence-corrected chi connectivity index (χ3v) is 5.41. The molecule has 2 aromatic carbocycles. The summed E-state index contributed by atoms with van der Waals surface area (Å²) in [5.41, 5.74) is 4.70. The van der Waals surface area contributed by atoms with E-state index in [1.54, 1.807) is 12.1 Å². The number of fused-ring (bicyclic) bond motifs is 1. The van der Waals surface area contributed by atoms with E-state index in [1.807, 2.05) is 30.5 Å². The van der Waals surface area contributed by atoms with Crippen LogP contribution in [0.3, 0.4) is 0 Å². The Morgan fingerprint density at radius 2 is 1.78 bits per heavy atom. The summed E-state index contributed by atoms with van der Waals surface area (Å²) in [7, 11) is 0. The molecule has 2 atom stereocenters. The number of hydrogen-bond donors (Lipinski definition) is 2. The van der Waals surface area contributed by atoms with Crippen molar-refractivity contribution >= 4 is 16.6 Å². The molecular formula is C24H26N2O. The van der Waals surface area contributed by atoms with Gasteiger partial charge in [0.2, 0.25) is 0 Å². The Morgan fingerprint density at radius 3 is 2.52 bits per heavy atom. The molecule has 0 amide bonds. The largest absolute Gasteiger partial charge is 0.508 e. The summed E-state index contributed by atoms with van der Waals surface area (Å²) in [5, 5.41) is 14.5. The van der Waals surface area contributed by atoms with Crippen molar-refractivity contribution in [1.29, 1.82) is 0 Å². The highest BCUT2D eigenvalue weighted by Gasteiger charge is 2.35. The van der Waals surface area contributed by atoms with Crippen LogP contribution in [0.15, 0.2) is 66.9 Å². The summed E-state index contributed by atoms with van der Waals surface area (Å²) < 4.78 is 0. The van der Waals surface area contributed by atoms with Gasteiger partial charge < -0.3 is 10.4 Å². The summed E-state index contributed by atoms with van der Waals surface area (Å²) in [6.45, 7) is 6.88. The van der Waals surface area contributed by atoms with Gasteiger partial charge in [0.05, 0.1) is 5.52 Å². The smallest absolute Gasteiger partial charge is 0.115 e. The number of benzene rings is 2. The van der Waals surface area contributed by atoms with Crippen molar-refractivity contribution in [3.8, 4) is 5.75 Å². The minimum atomic E-state index is 0.153. The van der Waals surface area contributed by atoms with Crippen molar-refractivity contribution in [3.05, 3.63) is 78.0 Å². The number of pyridine rings is 1. The highest BCUT2D eigenvalue weighted by Crippen LogP contribution is 2.38. The first kappa shape index (κ1) is 17.6. The highest BCUT2D eigenvalue weighted by molar-refractivity contribution is 5.82. The molecule has 2 unspecified atom stereocenters. The van der Waals surface area contributed by atoms with Crippen molar-refractivity contribution < 1.29 is 5.11 Å². The molecule has 0 fully saturated rings. The third kappa shape index (κ3) is 3.68. The first-order valence-corrected chi connectivity index (χ1v) is 9.51. The lowest BCUT2D eigenvalue weighted by Crippen LogP contribution is -2.36. The van der Waals surface area contributed by atoms with Crippen LogP contribution < -0.4 is 5.32 Å². The SMILES string of the molecule is CC(C)(C)C1C=C(c2cnc3ccccc3c2)NC1Cc1ccc(O)cc1. The predicted molar refractivity (Wildman–Crippen MR) is 111 cm³/mol. The molecule has 0 radical (unpaired) electrons. The molecule has 27 heavy (non-hydrogen) atoms. The molecule has 0 bridgehead atoms. The molecule has 1 aliphatic rings. The van der Waals surface area contributed by atoms with Crippen LogP contribution in [0.25, 0.3) is 16.6 Å². The Hall–Kier alpha value is -2.81. The number of para-hydroxylation sites is 1. The van der Waals surface area contributed by atoms with Gasteiger partial charge in [-0.05, 0) is 41.7 Å². The number of aromatic hydroxyl groups is 1. The topological polar surface area (TPSA) is 45.2 Å². The second-order valence-electron chi connectivity index (χ2n) is 8.51. The zero-order chi connectivity index (χ0) is 19.0. The Labute approximate surface area is 160 Å². The van der Waals surface area contributed by atoms with Crippen LogP contribution in [0.2, 0.25) is 0 Å². The normalized spacial score (nSPS) is 19.7. The second-order valence-corrected chi connectivity index (χ2v) is 8.51. The molecule has 1 aromatic heterocycles. The van der Waals surface area contributed by atoms with E-state index in [9.17, 15) is 5.11 Å². The molecule has 0 saturated heterocycles. The number of aromatic nitrogens is 1. The number of hydrogen-bond acceptors (Lipinski definition) is 3. The van der Waals surface area contributed by atoms with Gasteiger partial charge >= 0.3 is 0 Å². The molecule has 2 heterocycles.